The van der Waals surface area contributed by atoms with Gasteiger partial charge in [-0.25, -0.2) is 17.5 Å². The monoisotopic (exact) mass is 310 g/mol. The van der Waals surface area contributed by atoms with Gasteiger partial charge >= 0.3 is 0 Å². The molecule has 0 aliphatic heterocycles. The van der Waals surface area contributed by atoms with Crippen LogP contribution in [0.1, 0.15) is 5.56 Å². The fraction of sp³-hybridized carbons (Fsp3) is 0.143. The van der Waals surface area contributed by atoms with Crippen molar-refractivity contribution in [1.82, 2.24) is 4.72 Å². The molecule has 3 N–H and O–H groups in total. The SMILES string of the molecule is COc1cccc(CNS(=O)(=O)c2cc(F)ccc2N)c1. The number of nitrogens with one attached hydrogen (secondary N) is 1. The number of benzene rings is 2. The molecule has 0 fully saturated rings. The highest BCUT2D eigenvalue weighted by Gasteiger charge is 2.18. The maximum Gasteiger partial charge on any atom is 0.243 e. The lowest BCUT2D eigenvalue weighted by atomic mass is 10.2. The first-order valence-corrected chi connectivity index (χ1v) is 7.58. The van der Waals surface area contributed by atoms with E-state index in [1.54, 1.807) is 24.3 Å². The van der Waals surface area contributed by atoms with E-state index in [-0.39, 0.29) is 17.1 Å². The molecule has 0 heterocycles. The Kier molecular flexibility index (Phi) is 4.44. The van der Waals surface area contributed by atoms with E-state index in [0.29, 0.717) is 11.3 Å². The molecular formula is C14H15FN2O3S. The summed E-state index contributed by atoms with van der Waals surface area (Å²) in [6.07, 6.45) is 0. The van der Waals surface area contributed by atoms with Crippen molar-refractivity contribution in [3.05, 3.63) is 53.8 Å². The average molecular weight is 310 g/mol. The largest absolute Gasteiger partial charge is 0.497 e. The third-order valence-electron chi connectivity index (χ3n) is 2.87. The molecular weight excluding hydrogens is 295 g/mol. The summed E-state index contributed by atoms with van der Waals surface area (Å²) in [4.78, 5) is -0.273. The second-order valence-electron chi connectivity index (χ2n) is 4.36. The molecule has 0 aliphatic carbocycles. The fourth-order valence-corrected chi connectivity index (χ4v) is 2.94. The third-order valence-corrected chi connectivity index (χ3v) is 4.32. The molecule has 0 bridgehead atoms. The Morgan fingerprint density at radius 1 is 1.24 bits per heavy atom. The number of sulfonamides is 1. The predicted octanol–water partition coefficient (Wildman–Crippen LogP) is 1.90. The molecule has 0 amide bonds. The molecule has 0 unspecified atom stereocenters. The molecule has 0 radical (unpaired) electrons. The van der Waals surface area contributed by atoms with E-state index in [9.17, 15) is 12.8 Å². The Balaban J connectivity index is 2.19. The Bertz CT molecular complexity index is 748. The van der Waals surface area contributed by atoms with Crippen LogP contribution >= 0.6 is 0 Å². The van der Waals surface area contributed by atoms with Gasteiger partial charge in [0.1, 0.15) is 16.5 Å². The summed E-state index contributed by atoms with van der Waals surface area (Å²) in [5.74, 6) is -0.0390. The molecule has 112 valence electrons. The first-order chi connectivity index (χ1) is 9.92. The smallest absolute Gasteiger partial charge is 0.243 e. The van der Waals surface area contributed by atoms with Crippen molar-refractivity contribution in [1.29, 1.82) is 0 Å². The molecule has 5 nitrogen and oxygen atoms in total. The number of ether oxygens (including phenoxy) is 1. The summed E-state index contributed by atoms with van der Waals surface area (Å²) in [7, 11) is -2.36. The van der Waals surface area contributed by atoms with Crippen molar-refractivity contribution in [3.63, 3.8) is 0 Å². The Morgan fingerprint density at radius 2 is 2.00 bits per heavy atom. The lowest BCUT2D eigenvalue weighted by molar-refractivity contribution is 0.414. The molecule has 0 saturated carbocycles. The van der Waals surface area contributed by atoms with E-state index in [2.05, 4.69) is 4.72 Å². The van der Waals surface area contributed by atoms with E-state index >= 15 is 0 Å². The van der Waals surface area contributed by atoms with Crippen LogP contribution in [0.5, 0.6) is 5.75 Å². The number of halogens is 1. The highest BCUT2D eigenvalue weighted by molar-refractivity contribution is 7.89. The van der Waals surface area contributed by atoms with E-state index in [4.69, 9.17) is 10.5 Å². The predicted molar refractivity (Wildman–Crippen MR) is 77.8 cm³/mol. The number of rotatable bonds is 5. The lowest BCUT2D eigenvalue weighted by Crippen LogP contribution is -2.24. The molecule has 2 rings (SSSR count). The molecule has 21 heavy (non-hydrogen) atoms. The van der Waals surface area contributed by atoms with Crippen LogP contribution in [0.2, 0.25) is 0 Å². The highest BCUT2D eigenvalue weighted by atomic mass is 32.2. The maximum absolute atomic E-state index is 13.2. The molecule has 7 heteroatoms. The zero-order valence-electron chi connectivity index (χ0n) is 11.3. The Labute approximate surface area is 122 Å². The summed E-state index contributed by atoms with van der Waals surface area (Å²) >= 11 is 0. The van der Waals surface area contributed by atoms with Gasteiger partial charge in [-0.15, -0.1) is 0 Å². The van der Waals surface area contributed by atoms with Crippen molar-refractivity contribution in [2.24, 2.45) is 0 Å². The zero-order valence-corrected chi connectivity index (χ0v) is 12.2. The molecule has 0 aliphatic rings. The fourth-order valence-electron chi connectivity index (χ4n) is 1.78. The van der Waals surface area contributed by atoms with Gasteiger partial charge < -0.3 is 10.5 Å². The van der Waals surface area contributed by atoms with E-state index in [1.807, 2.05) is 0 Å². The van der Waals surface area contributed by atoms with Gasteiger partial charge in [-0.2, -0.15) is 0 Å². The van der Waals surface area contributed by atoms with Gasteiger partial charge in [0.05, 0.1) is 12.8 Å². The van der Waals surface area contributed by atoms with Crippen LogP contribution in [0.25, 0.3) is 0 Å². The van der Waals surface area contributed by atoms with Gasteiger partial charge in [-0.3, -0.25) is 0 Å². The Morgan fingerprint density at radius 3 is 2.71 bits per heavy atom. The molecule has 2 aromatic carbocycles. The number of hydrogen-bond donors (Lipinski definition) is 2. The van der Waals surface area contributed by atoms with Gasteiger partial charge in [-0.1, -0.05) is 12.1 Å². The van der Waals surface area contributed by atoms with Crippen LogP contribution in [-0.2, 0) is 16.6 Å². The highest BCUT2D eigenvalue weighted by Crippen LogP contribution is 2.20. The molecule has 0 atom stereocenters. The second-order valence-corrected chi connectivity index (χ2v) is 6.09. The van der Waals surface area contributed by atoms with Crippen molar-refractivity contribution >= 4 is 15.7 Å². The minimum Gasteiger partial charge on any atom is -0.497 e. The van der Waals surface area contributed by atoms with Gasteiger partial charge in [0.2, 0.25) is 10.0 Å². The summed E-state index contributed by atoms with van der Waals surface area (Å²) in [6.45, 7) is 0.0511. The van der Waals surface area contributed by atoms with Gasteiger partial charge in [-0.05, 0) is 35.9 Å². The minimum atomic E-state index is -3.89. The topological polar surface area (TPSA) is 81.4 Å². The number of nitrogen functional groups attached to an aromatic ring is 1. The summed E-state index contributed by atoms with van der Waals surface area (Å²) in [6, 6.07) is 10.2. The minimum absolute atomic E-state index is 0.00505. The first kappa shape index (κ1) is 15.3. The van der Waals surface area contributed by atoms with E-state index in [0.717, 1.165) is 12.1 Å². The van der Waals surface area contributed by atoms with Gasteiger partial charge in [0.25, 0.3) is 0 Å². The summed E-state index contributed by atoms with van der Waals surface area (Å²) in [5.41, 5.74) is 6.29. The van der Waals surface area contributed by atoms with Crippen LogP contribution in [0.4, 0.5) is 10.1 Å². The lowest BCUT2D eigenvalue weighted by Gasteiger charge is -2.10. The van der Waals surface area contributed by atoms with Crippen molar-refractivity contribution < 1.29 is 17.5 Å². The molecule has 2 aromatic rings. The zero-order chi connectivity index (χ0) is 15.5. The number of hydrogen-bond acceptors (Lipinski definition) is 4. The van der Waals surface area contributed by atoms with Gasteiger partial charge in [0, 0.05) is 6.54 Å². The van der Waals surface area contributed by atoms with Crippen molar-refractivity contribution in [2.75, 3.05) is 12.8 Å². The Hall–Kier alpha value is -2.12. The number of nitrogens with two attached hydrogens (primary N) is 1. The molecule has 0 saturated heterocycles. The second kappa shape index (κ2) is 6.11. The van der Waals surface area contributed by atoms with E-state index in [1.165, 1.54) is 13.2 Å². The molecule has 0 aromatic heterocycles. The van der Waals surface area contributed by atoms with E-state index < -0.39 is 15.8 Å². The third kappa shape index (κ3) is 3.71. The summed E-state index contributed by atoms with van der Waals surface area (Å²) < 4.78 is 44.9. The number of methoxy groups -OCH3 is 1. The number of anilines is 1. The normalized spacial score (nSPS) is 11.3. The standard InChI is InChI=1S/C14H15FN2O3S/c1-20-12-4-2-3-10(7-12)9-17-21(18,19)14-8-11(15)5-6-13(14)16/h2-8,17H,9,16H2,1H3. The van der Waals surface area contributed by atoms with Crippen LogP contribution < -0.4 is 15.2 Å². The van der Waals surface area contributed by atoms with Crippen molar-refractivity contribution in [2.45, 2.75) is 11.4 Å². The maximum atomic E-state index is 13.2. The van der Waals surface area contributed by atoms with Crippen LogP contribution in [-0.4, -0.2) is 15.5 Å². The van der Waals surface area contributed by atoms with Crippen LogP contribution in [0.15, 0.2) is 47.4 Å². The quantitative estimate of drug-likeness (QED) is 0.826. The molecule has 0 spiro atoms. The van der Waals surface area contributed by atoms with Crippen LogP contribution in [0, 0.1) is 5.82 Å². The average Bonchev–Trinajstić information content (AvgIpc) is 2.48. The van der Waals surface area contributed by atoms with Crippen molar-refractivity contribution in [3.8, 4) is 5.75 Å². The first-order valence-electron chi connectivity index (χ1n) is 6.10. The van der Waals surface area contributed by atoms with Gasteiger partial charge in [0.15, 0.2) is 0 Å². The summed E-state index contributed by atoms with van der Waals surface area (Å²) in [5, 5.41) is 0. The van der Waals surface area contributed by atoms with Crippen LogP contribution in [0.3, 0.4) is 0 Å².